The van der Waals surface area contributed by atoms with Crippen LogP contribution in [0.5, 0.6) is 5.75 Å². The first-order valence-corrected chi connectivity index (χ1v) is 6.02. The van der Waals surface area contributed by atoms with Gasteiger partial charge in [0, 0.05) is 6.07 Å². The van der Waals surface area contributed by atoms with E-state index in [0.29, 0.717) is 16.3 Å². The highest BCUT2D eigenvalue weighted by Gasteiger charge is 2.13. The Labute approximate surface area is 115 Å². The molecule has 0 saturated heterocycles. The van der Waals surface area contributed by atoms with Crippen molar-refractivity contribution in [2.45, 2.75) is 6.92 Å². The fourth-order valence-corrected chi connectivity index (χ4v) is 1.89. The topological polar surface area (TPSA) is 75.3 Å². The number of nitrogens with one attached hydrogen (secondary N) is 1. The van der Waals surface area contributed by atoms with Crippen LogP contribution in [0.3, 0.4) is 0 Å². The quantitative estimate of drug-likeness (QED) is 0.582. The lowest BCUT2D eigenvalue weighted by molar-refractivity contribution is 0.102. The van der Waals surface area contributed by atoms with E-state index in [9.17, 15) is 9.90 Å². The van der Waals surface area contributed by atoms with E-state index in [1.165, 1.54) is 18.2 Å². The Morgan fingerprint density at radius 3 is 2.74 bits per heavy atom. The predicted molar refractivity (Wildman–Crippen MR) is 76.7 cm³/mol. The monoisotopic (exact) mass is 276 g/mol. The number of carbonyl (C=O) groups excluding carboxylic acids is 1. The van der Waals surface area contributed by atoms with Crippen LogP contribution in [-0.2, 0) is 0 Å². The van der Waals surface area contributed by atoms with Gasteiger partial charge in [-0.15, -0.1) is 0 Å². The first-order chi connectivity index (χ1) is 8.99. The minimum Gasteiger partial charge on any atom is -0.508 e. The van der Waals surface area contributed by atoms with Gasteiger partial charge in [0.25, 0.3) is 5.91 Å². The Kier molecular flexibility index (Phi) is 3.62. The average Bonchev–Trinajstić information content (AvgIpc) is 2.36. The third-order valence-electron chi connectivity index (χ3n) is 2.72. The molecule has 0 fully saturated rings. The zero-order chi connectivity index (χ0) is 14.0. The van der Waals surface area contributed by atoms with E-state index in [2.05, 4.69) is 5.32 Å². The van der Waals surface area contributed by atoms with Crippen LogP contribution < -0.4 is 11.1 Å². The molecule has 0 aromatic heterocycles. The van der Waals surface area contributed by atoms with Crippen molar-refractivity contribution in [3.05, 3.63) is 52.5 Å². The van der Waals surface area contributed by atoms with Gasteiger partial charge in [0.15, 0.2) is 0 Å². The minimum atomic E-state index is -0.342. The summed E-state index contributed by atoms with van der Waals surface area (Å²) in [5.74, 6) is -0.296. The number of anilines is 2. The lowest BCUT2D eigenvalue weighted by Gasteiger charge is -2.10. The molecule has 98 valence electrons. The van der Waals surface area contributed by atoms with Crippen molar-refractivity contribution in [3.8, 4) is 5.75 Å². The number of hydrogen-bond acceptors (Lipinski definition) is 3. The Hall–Kier alpha value is -2.20. The van der Waals surface area contributed by atoms with Gasteiger partial charge in [-0.1, -0.05) is 23.7 Å². The zero-order valence-corrected chi connectivity index (χ0v) is 11.0. The number of phenolic OH excluding ortho intramolecular Hbond substituents is 1. The number of nitrogens with two attached hydrogens (primary N) is 1. The molecule has 0 bridgehead atoms. The molecule has 1 amide bonds. The Balaban J connectivity index is 2.28. The van der Waals surface area contributed by atoms with Crippen LogP contribution in [0.4, 0.5) is 11.4 Å². The number of rotatable bonds is 2. The number of halogens is 1. The van der Waals surface area contributed by atoms with Gasteiger partial charge in [-0.3, -0.25) is 4.79 Å². The number of amides is 1. The molecule has 0 heterocycles. The second kappa shape index (κ2) is 5.20. The van der Waals surface area contributed by atoms with E-state index in [0.717, 1.165) is 5.56 Å². The molecule has 0 aliphatic rings. The lowest BCUT2D eigenvalue weighted by atomic mass is 10.1. The maximum absolute atomic E-state index is 12.1. The van der Waals surface area contributed by atoms with E-state index in [1.807, 2.05) is 13.0 Å². The summed E-state index contributed by atoms with van der Waals surface area (Å²) in [6, 6.07) is 9.58. The summed E-state index contributed by atoms with van der Waals surface area (Å²) in [6.07, 6.45) is 0. The second-order valence-corrected chi connectivity index (χ2v) is 4.54. The Morgan fingerprint density at radius 1 is 1.32 bits per heavy atom. The number of benzene rings is 2. The van der Waals surface area contributed by atoms with Crippen molar-refractivity contribution in [2.75, 3.05) is 11.1 Å². The maximum Gasteiger partial charge on any atom is 0.257 e. The molecular formula is C14H13ClN2O2. The first-order valence-electron chi connectivity index (χ1n) is 5.64. The summed E-state index contributed by atoms with van der Waals surface area (Å²) < 4.78 is 0. The molecule has 0 radical (unpaired) electrons. The molecule has 5 heteroatoms. The molecule has 0 aliphatic heterocycles. The van der Waals surface area contributed by atoms with Gasteiger partial charge in [-0.25, -0.2) is 0 Å². The third-order valence-corrected chi connectivity index (χ3v) is 3.22. The summed E-state index contributed by atoms with van der Waals surface area (Å²) in [6.45, 7) is 1.83. The molecule has 0 unspecified atom stereocenters. The lowest BCUT2D eigenvalue weighted by Crippen LogP contribution is -2.14. The van der Waals surface area contributed by atoms with Gasteiger partial charge in [0.1, 0.15) is 5.75 Å². The van der Waals surface area contributed by atoms with Crippen molar-refractivity contribution >= 4 is 28.9 Å². The third kappa shape index (κ3) is 2.80. The SMILES string of the molecule is Cc1cccc(C(=O)Nc2ccc(O)cc2N)c1Cl. The van der Waals surface area contributed by atoms with Gasteiger partial charge in [-0.2, -0.15) is 0 Å². The molecule has 2 aromatic rings. The normalized spacial score (nSPS) is 10.2. The highest BCUT2D eigenvalue weighted by Crippen LogP contribution is 2.26. The van der Waals surface area contributed by atoms with Gasteiger partial charge in [-0.05, 0) is 30.7 Å². The fourth-order valence-electron chi connectivity index (χ4n) is 1.68. The highest BCUT2D eigenvalue weighted by molar-refractivity contribution is 6.35. The summed E-state index contributed by atoms with van der Waals surface area (Å²) in [4.78, 5) is 12.1. The standard InChI is InChI=1S/C14H13ClN2O2/c1-8-3-2-4-10(13(8)15)14(19)17-12-6-5-9(18)7-11(12)16/h2-7,18H,16H2,1H3,(H,17,19). The summed E-state index contributed by atoms with van der Waals surface area (Å²) >= 11 is 6.09. The molecule has 0 aliphatic carbocycles. The number of aryl methyl sites for hydroxylation is 1. The van der Waals surface area contributed by atoms with Crippen LogP contribution in [0.25, 0.3) is 0 Å². The van der Waals surface area contributed by atoms with Crippen LogP contribution in [-0.4, -0.2) is 11.0 Å². The van der Waals surface area contributed by atoms with Gasteiger partial charge in [0.05, 0.1) is 22.0 Å². The van der Waals surface area contributed by atoms with E-state index >= 15 is 0 Å². The molecule has 2 aromatic carbocycles. The first kappa shape index (κ1) is 13.2. The molecular weight excluding hydrogens is 264 g/mol. The van der Waals surface area contributed by atoms with Gasteiger partial charge in [0.2, 0.25) is 0 Å². The van der Waals surface area contributed by atoms with Gasteiger partial charge < -0.3 is 16.2 Å². The average molecular weight is 277 g/mol. The number of aromatic hydroxyl groups is 1. The Morgan fingerprint density at radius 2 is 2.05 bits per heavy atom. The van der Waals surface area contributed by atoms with Crippen molar-refractivity contribution in [1.29, 1.82) is 0 Å². The molecule has 0 spiro atoms. The van der Waals surface area contributed by atoms with E-state index in [1.54, 1.807) is 12.1 Å². The zero-order valence-electron chi connectivity index (χ0n) is 10.3. The van der Waals surface area contributed by atoms with Crippen LogP contribution >= 0.6 is 11.6 Å². The number of phenols is 1. The molecule has 0 saturated carbocycles. The van der Waals surface area contributed by atoms with Crippen LogP contribution in [0.15, 0.2) is 36.4 Å². The number of nitrogen functional groups attached to an aromatic ring is 1. The summed E-state index contributed by atoms with van der Waals surface area (Å²) in [5.41, 5.74) is 7.64. The maximum atomic E-state index is 12.1. The van der Waals surface area contributed by atoms with Crippen LogP contribution in [0.1, 0.15) is 15.9 Å². The smallest absolute Gasteiger partial charge is 0.257 e. The number of carbonyl (C=O) groups is 1. The van der Waals surface area contributed by atoms with Crippen LogP contribution in [0.2, 0.25) is 5.02 Å². The highest BCUT2D eigenvalue weighted by atomic mass is 35.5. The van der Waals surface area contributed by atoms with Crippen molar-refractivity contribution < 1.29 is 9.90 Å². The van der Waals surface area contributed by atoms with E-state index in [4.69, 9.17) is 17.3 Å². The molecule has 2 rings (SSSR count). The molecule has 0 atom stereocenters. The van der Waals surface area contributed by atoms with Crippen molar-refractivity contribution in [3.63, 3.8) is 0 Å². The predicted octanol–water partition coefficient (Wildman–Crippen LogP) is 3.19. The summed E-state index contributed by atoms with van der Waals surface area (Å²) in [5, 5.41) is 12.3. The Bertz CT molecular complexity index is 641. The van der Waals surface area contributed by atoms with Crippen molar-refractivity contribution in [1.82, 2.24) is 0 Å². The second-order valence-electron chi connectivity index (χ2n) is 4.16. The van der Waals surface area contributed by atoms with E-state index < -0.39 is 0 Å². The molecule has 4 N–H and O–H groups in total. The van der Waals surface area contributed by atoms with E-state index in [-0.39, 0.29) is 17.3 Å². The minimum absolute atomic E-state index is 0.0455. The fraction of sp³-hybridized carbons (Fsp3) is 0.0714. The summed E-state index contributed by atoms with van der Waals surface area (Å²) in [7, 11) is 0. The molecule has 4 nitrogen and oxygen atoms in total. The number of hydrogen-bond donors (Lipinski definition) is 3. The molecule has 19 heavy (non-hydrogen) atoms. The van der Waals surface area contributed by atoms with Crippen LogP contribution in [0, 0.1) is 6.92 Å². The van der Waals surface area contributed by atoms with Gasteiger partial charge >= 0.3 is 0 Å². The van der Waals surface area contributed by atoms with Crippen molar-refractivity contribution in [2.24, 2.45) is 0 Å². The largest absolute Gasteiger partial charge is 0.508 e.